The second kappa shape index (κ2) is 8.74. The molecule has 1 aliphatic rings. The predicted octanol–water partition coefficient (Wildman–Crippen LogP) is 3.69. The normalized spacial score (nSPS) is 13.8. The summed E-state index contributed by atoms with van der Waals surface area (Å²) in [6.07, 6.45) is 0.780. The third-order valence-corrected chi connectivity index (χ3v) is 8.41. The number of benzene rings is 2. The van der Waals surface area contributed by atoms with Crippen LogP contribution in [-0.4, -0.2) is 39.9 Å². The molecule has 0 saturated carbocycles. The number of anilines is 2. The number of likely N-dealkylation sites (N-methyl/N-ethyl adjacent to an activating group) is 1. The maximum Gasteiger partial charge on any atom is 0.264 e. The Morgan fingerprint density at radius 1 is 1.16 bits per heavy atom. The van der Waals surface area contributed by atoms with E-state index in [1.54, 1.807) is 24.3 Å². The molecule has 164 valence electrons. The summed E-state index contributed by atoms with van der Waals surface area (Å²) >= 11 is 1.42. The van der Waals surface area contributed by atoms with E-state index in [1.807, 2.05) is 13.1 Å². The minimum absolute atomic E-state index is 0.0905. The Kier molecular flexibility index (Phi) is 6.02. The largest absolute Gasteiger partial charge is 0.312 e. The monoisotopic (exact) mass is 466 g/mol. The van der Waals surface area contributed by atoms with Gasteiger partial charge in [-0.05, 0) is 55.4 Å². The molecule has 2 heterocycles. The molecule has 0 unspecified atom stereocenters. The maximum atomic E-state index is 12.9. The number of nitriles is 1. The highest BCUT2D eigenvalue weighted by molar-refractivity contribution is 7.92. The van der Waals surface area contributed by atoms with E-state index in [0.29, 0.717) is 21.8 Å². The van der Waals surface area contributed by atoms with Crippen LogP contribution in [0.1, 0.15) is 26.4 Å². The lowest BCUT2D eigenvalue weighted by molar-refractivity contribution is 0.102. The molecule has 0 fully saturated rings. The standard InChI is InChI=1S/C23H22N4O3S2/c1-26-13-12-19-20(14-24)23(31-21(19)15-26)25-22(28)16-8-10-18(11-9-16)32(29,30)27(2)17-6-4-3-5-7-17/h3-11H,12-13,15H2,1-2H3,(H,25,28). The number of amides is 1. The molecule has 1 aromatic heterocycles. The summed E-state index contributed by atoms with van der Waals surface area (Å²) in [7, 11) is -0.239. The molecule has 0 atom stereocenters. The number of fused-ring (bicyclic) bond motifs is 1. The van der Waals surface area contributed by atoms with Gasteiger partial charge >= 0.3 is 0 Å². The molecular formula is C23H22N4O3S2. The fourth-order valence-corrected chi connectivity index (χ4v) is 6.09. The predicted molar refractivity (Wildman–Crippen MR) is 125 cm³/mol. The SMILES string of the molecule is CN1CCc2c(sc(NC(=O)c3ccc(S(=O)(=O)N(C)c4ccccc4)cc3)c2C#N)C1. The van der Waals surface area contributed by atoms with Crippen LogP contribution in [0.15, 0.2) is 59.5 Å². The molecule has 9 heteroatoms. The summed E-state index contributed by atoms with van der Waals surface area (Å²) in [5, 5.41) is 13.0. The van der Waals surface area contributed by atoms with Crippen LogP contribution in [-0.2, 0) is 23.0 Å². The van der Waals surface area contributed by atoms with E-state index in [9.17, 15) is 18.5 Å². The van der Waals surface area contributed by atoms with Gasteiger partial charge in [0.1, 0.15) is 11.1 Å². The first-order chi connectivity index (χ1) is 15.3. The minimum Gasteiger partial charge on any atom is -0.312 e. The van der Waals surface area contributed by atoms with Crippen molar-refractivity contribution in [1.29, 1.82) is 5.26 Å². The van der Waals surface area contributed by atoms with E-state index in [1.165, 1.54) is 47.0 Å². The third-order valence-electron chi connectivity index (χ3n) is 5.48. The lowest BCUT2D eigenvalue weighted by atomic mass is 10.0. The molecule has 2 aromatic carbocycles. The molecule has 0 radical (unpaired) electrons. The third kappa shape index (κ3) is 4.12. The Bertz CT molecular complexity index is 1290. The smallest absolute Gasteiger partial charge is 0.264 e. The number of carbonyl (C=O) groups is 1. The van der Waals surface area contributed by atoms with E-state index in [4.69, 9.17) is 0 Å². The van der Waals surface area contributed by atoms with Crippen molar-refractivity contribution in [3.63, 3.8) is 0 Å². The molecule has 3 aromatic rings. The second-order valence-corrected chi connectivity index (χ2v) is 10.7. The van der Waals surface area contributed by atoms with Gasteiger partial charge in [0.2, 0.25) is 0 Å². The van der Waals surface area contributed by atoms with E-state index in [-0.39, 0.29) is 10.8 Å². The number of thiophene rings is 1. The lowest BCUT2D eigenvalue weighted by Crippen LogP contribution is -2.26. The molecule has 0 bridgehead atoms. The second-order valence-electron chi connectivity index (χ2n) is 7.59. The number of nitrogens with one attached hydrogen (secondary N) is 1. The van der Waals surface area contributed by atoms with E-state index >= 15 is 0 Å². The topological polar surface area (TPSA) is 93.5 Å². The van der Waals surface area contributed by atoms with Gasteiger partial charge in [-0.25, -0.2) is 8.42 Å². The average molecular weight is 467 g/mol. The fraction of sp³-hybridized carbons (Fsp3) is 0.217. The Morgan fingerprint density at radius 2 is 1.84 bits per heavy atom. The summed E-state index contributed by atoms with van der Waals surface area (Å²) in [4.78, 5) is 16.2. The molecule has 1 aliphatic heterocycles. The van der Waals surface area contributed by atoms with Crippen molar-refractivity contribution in [2.75, 3.05) is 30.3 Å². The van der Waals surface area contributed by atoms with Gasteiger partial charge in [-0.1, -0.05) is 18.2 Å². The van der Waals surface area contributed by atoms with Gasteiger partial charge in [-0.15, -0.1) is 11.3 Å². The highest BCUT2D eigenvalue weighted by Crippen LogP contribution is 2.36. The van der Waals surface area contributed by atoms with Crippen molar-refractivity contribution in [2.24, 2.45) is 0 Å². The average Bonchev–Trinajstić information content (AvgIpc) is 3.14. The van der Waals surface area contributed by atoms with Crippen molar-refractivity contribution in [2.45, 2.75) is 17.9 Å². The zero-order valence-electron chi connectivity index (χ0n) is 17.7. The highest BCUT2D eigenvalue weighted by Gasteiger charge is 2.25. The summed E-state index contributed by atoms with van der Waals surface area (Å²) in [6, 6.07) is 16.8. The summed E-state index contributed by atoms with van der Waals surface area (Å²) < 4.78 is 27.0. The summed E-state index contributed by atoms with van der Waals surface area (Å²) in [6.45, 7) is 1.63. The number of carbonyl (C=O) groups excluding carboxylic acids is 1. The van der Waals surface area contributed by atoms with E-state index < -0.39 is 10.0 Å². The Morgan fingerprint density at radius 3 is 2.50 bits per heavy atom. The Labute approximate surface area is 191 Å². The minimum atomic E-state index is -3.76. The van der Waals surface area contributed by atoms with Gasteiger partial charge in [0.15, 0.2) is 0 Å². The molecule has 7 nitrogen and oxygen atoms in total. The molecule has 1 amide bonds. The fourth-order valence-electron chi connectivity index (χ4n) is 3.63. The zero-order valence-corrected chi connectivity index (χ0v) is 19.3. The van der Waals surface area contributed by atoms with Crippen LogP contribution in [0.3, 0.4) is 0 Å². The zero-order chi connectivity index (χ0) is 22.9. The van der Waals surface area contributed by atoms with Gasteiger partial charge in [-0.2, -0.15) is 5.26 Å². The van der Waals surface area contributed by atoms with E-state index in [0.717, 1.165) is 30.0 Å². The number of rotatable bonds is 5. The number of sulfonamides is 1. The first kappa shape index (κ1) is 22.0. The van der Waals surface area contributed by atoms with Gasteiger partial charge in [-0.3, -0.25) is 9.10 Å². The number of nitrogens with zero attached hydrogens (tertiary/aromatic N) is 3. The van der Waals surface area contributed by atoms with Crippen LogP contribution >= 0.6 is 11.3 Å². The first-order valence-corrected chi connectivity index (χ1v) is 12.3. The van der Waals surface area contributed by atoms with Crippen LogP contribution in [0.4, 0.5) is 10.7 Å². The van der Waals surface area contributed by atoms with Crippen molar-refractivity contribution in [1.82, 2.24) is 4.90 Å². The molecule has 0 saturated heterocycles. The Balaban J connectivity index is 1.54. The van der Waals surface area contributed by atoms with Crippen LogP contribution in [0.2, 0.25) is 0 Å². The van der Waals surface area contributed by atoms with Crippen molar-refractivity contribution < 1.29 is 13.2 Å². The van der Waals surface area contributed by atoms with Crippen LogP contribution in [0.25, 0.3) is 0 Å². The Hall–Kier alpha value is -3.19. The van der Waals surface area contributed by atoms with Gasteiger partial charge < -0.3 is 10.2 Å². The van der Waals surface area contributed by atoms with Crippen LogP contribution in [0, 0.1) is 11.3 Å². The van der Waals surface area contributed by atoms with Crippen molar-refractivity contribution in [3.05, 3.63) is 76.2 Å². The van der Waals surface area contributed by atoms with Crippen LogP contribution in [0.5, 0.6) is 0 Å². The summed E-state index contributed by atoms with van der Waals surface area (Å²) in [5.41, 5.74) is 2.40. The van der Waals surface area contributed by atoms with Gasteiger partial charge in [0.25, 0.3) is 15.9 Å². The molecule has 0 aliphatic carbocycles. The highest BCUT2D eigenvalue weighted by atomic mass is 32.2. The van der Waals surface area contributed by atoms with Crippen molar-refractivity contribution >= 4 is 38.0 Å². The molecule has 1 N–H and O–H groups in total. The quantitative estimate of drug-likeness (QED) is 0.619. The van der Waals surface area contributed by atoms with Gasteiger partial charge in [0, 0.05) is 30.6 Å². The van der Waals surface area contributed by atoms with Crippen LogP contribution < -0.4 is 9.62 Å². The van der Waals surface area contributed by atoms with Gasteiger partial charge in [0.05, 0.1) is 16.1 Å². The maximum absolute atomic E-state index is 12.9. The summed E-state index contributed by atoms with van der Waals surface area (Å²) in [5.74, 6) is -0.381. The van der Waals surface area contributed by atoms with E-state index in [2.05, 4.69) is 16.3 Å². The molecule has 4 rings (SSSR count). The molecule has 0 spiro atoms. The van der Waals surface area contributed by atoms with Crippen molar-refractivity contribution in [3.8, 4) is 6.07 Å². The first-order valence-electron chi connectivity index (χ1n) is 10.00. The lowest BCUT2D eigenvalue weighted by Gasteiger charge is -2.21. The number of hydrogen-bond acceptors (Lipinski definition) is 6. The number of hydrogen-bond donors (Lipinski definition) is 1. The molecular weight excluding hydrogens is 444 g/mol. The number of para-hydroxylation sites is 1. The molecule has 32 heavy (non-hydrogen) atoms.